The van der Waals surface area contributed by atoms with Gasteiger partial charge in [0.2, 0.25) is 0 Å². The average Bonchev–Trinajstić information content (AvgIpc) is 2.61. The van der Waals surface area contributed by atoms with Gasteiger partial charge in [0.15, 0.2) is 0 Å². The van der Waals surface area contributed by atoms with Crippen LogP contribution in [0.1, 0.15) is 53.4 Å². The first-order chi connectivity index (χ1) is 12.5. The monoisotopic (exact) mass is 348 g/mol. The summed E-state index contributed by atoms with van der Waals surface area (Å²) in [5, 5.41) is 2.47. The van der Waals surface area contributed by atoms with Crippen molar-refractivity contribution in [2.45, 2.75) is 53.4 Å². The Morgan fingerprint density at radius 1 is 0.769 bits per heavy atom. The highest BCUT2D eigenvalue weighted by Gasteiger charge is 1.97. The number of allylic oxidation sites excluding steroid dienone is 5. The van der Waals surface area contributed by atoms with Gasteiger partial charge in [0.05, 0.1) is 0 Å². The van der Waals surface area contributed by atoms with Gasteiger partial charge in [-0.1, -0.05) is 59.2 Å². The molecular formula is C25H32O. The van der Waals surface area contributed by atoms with E-state index in [9.17, 15) is 0 Å². The Balaban J connectivity index is 1.74. The van der Waals surface area contributed by atoms with Crippen LogP contribution in [0.4, 0.5) is 0 Å². The lowest BCUT2D eigenvalue weighted by atomic mass is 10.1. The summed E-state index contributed by atoms with van der Waals surface area (Å²) in [6.07, 6.45) is 11.4. The molecule has 2 aromatic rings. The SMILES string of the molecule is CC(C)=CCC/C(C)=C/CC/C(C)=C/COc1ccc2ccccc2c1. The van der Waals surface area contributed by atoms with Crippen molar-refractivity contribution in [3.05, 3.63) is 77.4 Å². The minimum atomic E-state index is 0.632. The number of hydrogen-bond donors (Lipinski definition) is 0. The smallest absolute Gasteiger partial charge is 0.120 e. The molecule has 1 heteroatoms. The maximum absolute atomic E-state index is 5.89. The van der Waals surface area contributed by atoms with E-state index >= 15 is 0 Å². The number of hydrogen-bond acceptors (Lipinski definition) is 1. The summed E-state index contributed by atoms with van der Waals surface area (Å²) in [4.78, 5) is 0. The van der Waals surface area contributed by atoms with Gasteiger partial charge in [-0.2, -0.15) is 0 Å². The van der Waals surface area contributed by atoms with Gasteiger partial charge in [0.1, 0.15) is 12.4 Å². The molecule has 0 aliphatic rings. The van der Waals surface area contributed by atoms with Gasteiger partial charge in [0.25, 0.3) is 0 Å². The molecule has 0 spiro atoms. The van der Waals surface area contributed by atoms with Crippen molar-refractivity contribution in [1.82, 2.24) is 0 Å². The molecule has 1 nitrogen and oxygen atoms in total. The van der Waals surface area contributed by atoms with Crippen LogP contribution in [-0.2, 0) is 0 Å². The van der Waals surface area contributed by atoms with E-state index in [1.165, 1.54) is 33.9 Å². The Kier molecular flexibility index (Phi) is 8.21. The van der Waals surface area contributed by atoms with Gasteiger partial charge >= 0.3 is 0 Å². The molecule has 0 radical (unpaired) electrons. The third kappa shape index (κ3) is 7.31. The van der Waals surface area contributed by atoms with Gasteiger partial charge in [-0.3, -0.25) is 0 Å². The molecule has 0 unspecified atom stereocenters. The van der Waals surface area contributed by atoms with Crippen molar-refractivity contribution in [3.63, 3.8) is 0 Å². The van der Waals surface area contributed by atoms with E-state index in [1.807, 2.05) is 6.07 Å². The second kappa shape index (κ2) is 10.7. The van der Waals surface area contributed by atoms with Crippen molar-refractivity contribution in [1.29, 1.82) is 0 Å². The Hall–Kier alpha value is -2.28. The second-order valence-corrected chi connectivity index (χ2v) is 7.28. The second-order valence-electron chi connectivity index (χ2n) is 7.28. The van der Waals surface area contributed by atoms with Gasteiger partial charge in [-0.15, -0.1) is 0 Å². The summed E-state index contributed by atoms with van der Waals surface area (Å²) in [5.41, 5.74) is 4.28. The Bertz CT molecular complexity index is 789. The third-order valence-corrected chi connectivity index (χ3v) is 4.53. The number of ether oxygens (including phenoxy) is 1. The van der Waals surface area contributed by atoms with Gasteiger partial charge in [-0.05, 0) is 82.4 Å². The fraction of sp³-hybridized carbons (Fsp3) is 0.360. The first-order valence-electron chi connectivity index (χ1n) is 9.61. The highest BCUT2D eigenvalue weighted by Crippen LogP contribution is 2.20. The predicted molar refractivity (Wildman–Crippen MR) is 115 cm³/mol. The number of rotatable bonds is 9. The van der Waals surface area contributed by atoms with Crippen LogP contribution in [0.25, 0.3) is 10.8 Å². The molecule has 0 aromatic heterocycles. The molecule has 0 saturated carbocycles. The molecule has 138 valence electrons. The van der Waals surface area contributed by atoms with Crippen molar-refractivity contribution < 1.29 is 4.74 Å². The van der Waals surface area contributed by atoms with Crippen molar-refractivity contribution in [2.75, 3.05) is 6.61 Å². The van der Waals surface area contributed by atoms with E-state index in [0.717, 1.165) is 25.0 Å². The largest absolute Gasteiger partial charge is 0.490 e. The average molecular weight is 349 g/mol. The zero-order valence-corrected chi connectivity index (χ0v) is 16.7. The van der Waals surface area contributed by atoms with Gasteiger partial charge in [0, 0.05) is 0 Å². The van der Waals surface area contributed by atoms with E-state index in [-0.39, 0.29) is 0 Å². The van der Waals surface area contributed by atoms with E-state index in [1.54, 1.807) is 0 Å². The molecule has 0 aliphatic carbocycles. The molecule has 0 heterocycles. The lowest BCUT2D eigenvalue weighted by Gasteiger charge is -2.06. The summed E-state index contributed by atoms with van der Waals surface area (Å²) >= 11 is 0. The minimum Gasteiger partial charge on any atom is -0.490 e. The van der Waals surface area contributed by atoms with Crippen LogP contribution in [0.2, 0.25) is 0 Å². The van der Waals surface area contributed by atoms with Crippen LogP contribution in [0.15, 0.2) is 77.4 Å². The van der Waals surface area contributed by atoms with Crippen LogP contribution in [-0.4, -0.2) is 6.61 Å². The van der Waals surface area contributed by atoms with E-state index in [2.05, 4.69) is 82.3 Å². The van der Waals surface area contributed by atoms with Crippen molar-refractivity contribution in [3.8, 4) is 5.75 Å². The standard InChI is InChI=1S/C25H32O/c1-20(2)9-7-10-21(3)11-8-12-22(4)17-18-26-25-16-15-23-13-5-6-14-24(23)19-25/h5-6,9,11,13-17,19H,7-8,10,12,18H2,1-4H3/b21-11+,22-17+. The molecule has 0 atom stereocenters. The van der Waals surface area contributed by atoms with Gasteiger partial charge < -0.3 is 4.74 Å². The summed E-state index contributed by atoms with van der Waals surface area (Å²) in [5.74, 6) is 0.933. The lowest BCUT2D eigenvalue weighted by Crippen LogP contribution is -1.94. The van der Waals surface area contributed by atoms with Crippen molar-refractivity contribution >= 4 is 10.8 Å². The molecule has 0 N–H and O–H groups in total. The molecule has 0 bridgehead atoms. The number of benzene rings is 2. The Morgan fingerprint density at radius 2 is 1.42 bits per heavy atom. The molecule has 0 fully saturated rings. The molecule has 26 heavy (non-hydrogen) atoms. The highest BCUT2D eigenvalue weighted by molar-refractivity contribution is 5.83. The summed E-state index contributed by atoms with van der Waals surface area (Å²) in [6.45, 7) is 9.38. The zero-order chi connectivity index (χ0) is 18.8. The maximum atomic E-state index is 5.89. The lowest BCUT2D eigenvalue weighted by molar-refractivity contribution is 0.362. The fourth-order valence-electron chi connectivity index (χ4n) is 2.88. The van der Waals surface area contributed by atoms with Crippen molar-refractivity contribution in [2.24, 2.45) is 0 Å². The maximum Gasteiger partial charge on any atom is 0.120 e. The summed E-state index contributed by atoms with van der Waals surface area (Å²) in [7, 11) is 0. The molecule has 0 aliphatic heterocycles. The fourth-order valence-corrected chi connectivity index (χ4v) is 2.88. The zero-order valence-electron chi connectivity index (χ0n) is 16.7. The van der Waals surface area contributed by atoms with E-state index in [0.29, 0.717) is 6.61 Å². The quantitative estimate of drug-likeness (QED) is 0.423. The van der Waals surface area contributed by atoms with Crippen LogP contribution < -0.4 is 4.74 Å². The third-order valence-electron chi connectivity index (χ3n) is 4.53. The van der Waals surface area contributed by atoms with Crippen LogP contribution in [0, 0.1) is 0 Å². The number of fused-ring (bicyclic) bond motifs is 1. The molecule has 2 rings (SSSR count). The topological polar surface area (TPSA) is 9.23 Å². The van der Waals surface area contributed by atoms with Gasteiger partial charge in [-0.25, -0.2) is 0 Å². The first kappa shape index (κ1) is 20.0. The summed E-state index contributed by atoms with van der Waals surface area (Å²) in [6, 6.07) is 14.6. The molecular weight excluding hydrogens is 316 g/mol. The molecule has 2 aromatic carbocycles. The van der Waals surface area contributed by atoms with Crippen LogP contribution >= 0.6 is 0 Å². The highest BCUT2D eigenvalue weighted by atomic mass is 16.5. The van der Waals surface area contributed by atoms with E-state index in [4.69, 9.17) is 4.74 Å². The predicted octanol–water partition coefficient (Wildman–Crippen LogP) is 7.64. The minimum absolute atomic E-state index is 0.632. The van der Waals surface area contributed by atoms with Crippen LogP contribution in [0.5, 0.6) is 5.75 Å². The van der Waals surface area contributed by atoms with Crippen LogP contribution in [0.3, 0.4) is 0 Å². The van der Waals surface area contributed by atoms with E-state index < -0.39 is 0 Å². The molecule has 0 saturated heterocycles. The molecule has 0 amide bonds. The summed E-state index contributed by atoms with van der Waals surface area (Å²) < 4.78 is 5.89. The Labute approximate surface area is 159 Å². The first-order valence-corrected chi connectivity index (χ1v) is 9.61. The Morgan fingerprint density at radius 3 is 2.15 bits per heavy atom. The normalized spacial score (nSPS) is 12.3.